The van der Waals surface area contributed by atoms with Crippen LogP contribution in [0.4, 0.5) is 0 Å². The van der Waals surface area contributed by atoms with Crippen molar-refractivity contribution in [3.05, 3.63) is 15.6 Å². The first-order valence-corrected chi connectivity index (χ1v) is 8.40. The van der Waals surface area contributed by atoms with E-state index in [2.05, 4.69) is 24.3 Å². The van der Waals surface area contributed by atoms with Gasteiger partial charge in [0.25, 0.3) is 0 Å². The summed E-state index contributed by atoms with van der Waals surface area (Å²) in [6, 6.07) is 0.817. The molecule has 1 aromatic heterocycles. The van der Waals surface area contributed by atoms with E-state index >= 15 is 0 Å². The first-order valence-electron chi connectivity index (χ1n) is 7.59. The lowest BCUT2D eigenvalue weighted by atomic mass is 9.91. The second-order valence-electron chi connectivity index (χ2n) is 6.24. The standard InChI is InChI=1S/C15H25N3S/c1-18(2)9-8-14-17-15-11(10-16-12-6-7-12)4-3-5-13(15)19-14/h11-12,16H,3-10H2,1-2H3. The Labute approximate surface area is 120 Å². The van der Waals surface area contributed by atoms with E-state index in [9.17, 15) is 0 Å². The van der Waals surface area contributed by atoms with Crippen LogP contribution in [0, 0.1) is 0 Å². The third-order valence-corrected chi connectivity index (χ3v) is 5.31. The Bertz CT molecular complexity index is 423. The van der Waals surface area contributed by atoms with Crippen LogP contribution in [0.25, 0.3) is 0 Å². The minimum absolute atomic E-state index is 0.675. The first-order chi connectivity index (χ1) is 9.22. The number of aromatic nitrogens is 1. The average molecular weight is 279 g/mol. The predicted octanol–water partition coefficient (Wildman–Crippen LogP) is 2.42. The lowest BCUT2D eigenvalue weighted by Crippen LogP contribution is -2.25. The van der Waals surface area contributed by atoms with Gasteiger partial charge >= 0.3 is 0 Å². The van der Waals surface area contributed by atoms with E-state index in [1.54, 1.807) is 4.88 Å². The molecule has 0 spiro atoms. The van der Waals surface area contributed by atoms with Crippen LogP contribution < -0.4 is 5.32 Å². The minimum atomic E-state index is 0.675. The van der Waals surface area contributed by atoms with Gasteiger partial charge in [0.2, 0.25) is 0 Å². The Kier molecular flexibility index (Phi) is 4.20. The zero-order valence-corrected chi connectivity index (χ0v) is 12.9. The summed E-state index contributed by atoms with van der Waals surface area (Å²) >= 11 is 1.97. The van der Waals surface area contributed by atoms with E-state index in [-0.39, 0.29) is 0 Å². The van der Waals surface area contributed by atoms with Crippen molar-refractivity contribution in [1.29, 1.82) is 0 Å². The fourth-order valence-corrected chi connectivity index (χ4v) is 3.96. The molecule has 3 nitrogen and oxygen atoms in total. The topological polar surface area (TPSA) is 28.2 Å². The van der Waals surface area contributed by atoms with Crippen molar-refractivity contribution in [3.8, 4) is 0 Å². The number of fused-ring (bicyclic) bond motifs is 1. The van der Waals surface area contributed by atoms with Gasteiger partial charge < -0.3 is 10.2 Å². The predicted molar refractivity (Wildman–Crippen MR) is 81.1 cm³/mol. The molecule has 1 unspecified atom stereocenters. The molecule has 4 heteroatoms. The van der Waals surface area contributed by atoms with Crippen LogP contribution in [-0.4, -0.2) is 43.1 Å². The first kappa shape index (κ1) is 13.5. The average Bonchev–Trinajstić information content (AvgIpc) is 3.11. The van der Waals surface area contributed by atoms with Crippen LogP contribution in [0.15, 0.2) is 0 Å². The highest BCUT2D eigenvalue weighted by Gasteiger charge is 2.27. The maximum atomic E-state index is 4.95. The largest absolute Gasteiger partial charge is 0.313 e. The number of hydrogen-bond donors (Lipinski definition) is 1. The molecule has 0 aliphatic heterocycles. The molecule has 0 amide bonds. The van der Waals surface area contributed by atoms with Crippen molar-refractivity contribution in [2.75, 3.05) is 27.2 Å². The Morgan fingerprint density at radius 1 is 1.32 bits per heavy atom. The van der Waals surface area contributed by atoms with Crippen LogP contribution in [0.1, 0.15) is 47.2 Å². The third kappa shape index (κ3) is 3.56. The Morgan fingerprint density at radius 3 is 2.89 bits per heavy atom. The van der Waals surface area contributed by atoms with Crippen LogP contribution in [0.5, 0.6) is 0 Å². The molecule has 19 heavy (non-hydrogen) atoms. The van der Waals surface area contributed by atoms with Gasteiger partial charge in [0.05, 0.1) is 10.7 Å². The SMILES string of the molecule is CN(C)CCc1nc2c(s1)CCCC2CNC1CC1. The minimum Gasteiger partial charge on any atom is -0.313 e. The molecule has 1 fully saturated rings. The number of nitrogens with one attached hydrogen (secondary N) is 1. The third-order valence-electron chi connectivity index (χ3n) is 4.12. The van der Waals surface area contributed by atoms with Crippen LogP contribution >= 0.6 is 11.3 Å². The second-order valence-corrected chi connectivity index (χ2v) is 7.41. The fourth-order valence-electron chi connectivity index (χ4n) is 2.78. The van der Waals surface area contributed by atoms with Crippen molar-refractivity contribution in [3.63, 3.8) is 0 Å². The molecule has 1 aromatic rings. The lowest BCUT2D eigenvalue weighted by molar-refractivity contribution is 0.413. The van der Waals surface area contributed by atoms with Crippen molar-refractivity contribution >= 4 is 11.3 Å². The Balaban J connectivity index is 1.64. The van der Waals surface area contributed by atoms with Crippen LogP contribution in [-0.2, 0) is 12.8 Å². The Hall–Kier alpha value is -0.450. The number of likely N-dealkylation sites (N-methyl/N-ethyl adjacent to an activating group) is 1. The van der Waals surface area contributed by atoms with Gasteiger partial charge in [-0.05, 0) is 46.2 Å². The van der Waals surface area contributed by atoms with Crippen LogP contribution in [0.2, 0.25) is 0 Å². The molecule has 106 valence electrons. The molecular formula is C15H25N3S. The summed E-state index contributed by atoms with van der Waals surface area (Å²) in [6.07, 6.45) is 7.79. The molecule has 0 radical (unpaired) electrons. The van der Waals surface area contributed by atoms with Gasteiger partial charge in [0.1, 0.15) is 0 Å². The van der Waals surface area contributed by atoms with Crippen molar-refractivity contribution < 1.29 is 0 Å². The molecule has 1 atom stereocenters. The Morgan fingerprint density at radius 2 is 2.16 bits per heavy atom. The monoisotopic (exact) mass is 279 g/mol. The van der Waals surface area contributed by atoms with Gasteiger partial charge in [-0.1, -0.05) is 0 Å². The molecule has 0 aromatic carbocycles. The molecule has 1 N–H and O–H groups in total. The normalized spacial score (nSPS) is 22.8. The lowest BCUT2D eigenvalue weighted by Gasteiger charge is -2.21. The van der Waals surface area contributed by atoms with Crippen LogP contribution in [0.3, 0.4) is 0 Å². The summed E-state index contributed by atoms with van der Waals surface area (Å²) in [5, 5.41) is 5.03. The van der Waals surface area contributed by atoms with Gasteiger partial charge in [-0.15, -0.1) is 11.3 Å². The zero-order chi connectivity index (χ0) is 13.2. The van der Waals surface area contributed by atoms with E-state index in [4.69, 9.17) is 4.98 Å². The maximum Gasteiger partial charge on any atom is 0.0944 e. The molecule has 3 rings (SSSR count). The number of thiazole rings is 1. The van der Waals surface area contributed by atoms with Gasteiger partial charge in [-0.3, -0.25) is 0 Å². The highest BCUT2D eigenvalue weighted by molar-refractivity contribution is 7.11. The number of rotatable bonds is 6. The molecule has 1 heterocycles. The highest BCUT2D eigenvalue weighted by Crippen LogP contribution is 2.35. The highest BCUT2D eigenvalue weighted by atomic mass is 32.1. The van der Waals surface area contributed by atoms with E-state index in [1.807, 2.05) is 11.3 Å². The molecule has 2 aliphatic carbocycles. The van der Waals surface area contributed by atoms with Crippen molar-refractivity contribution in [2.45, 2.75) is 50.5 Å². The second kappa shape index (κ2) is 5.90. The van der Waals surface area contributed by atoms with Gasteiger partial charge in [0, 0.05) is 36.3 Å². The summed E-state index contributed by atoms with van der Waals surface area (Å²) in [5.74, 6) is 0.675. The molecule has 1 saturated carbocycles. The van der Waals surface area contributed by atoms with Gasteiger partial charge in [-0.25, -0.2) is 4.98 Å². The van der Waals surface area contributed by atoms with Crippen molar-refractivity contribution in [1.82, 2.24) is 15.2 Å². The summed E-state index contributed by atoms with van der Waals surface area (Å²) in [6.45, 7) is 2.26. The molecule has 2 aliphatic rings. The summed E-state index contributed by atoms with van der Waals surface area (Å²) in [4.78, 5) is 8.77. The zero-order valence-electron chi connectivity index (χ0n) is 12.1. The maximum absolute atomic E-state index is 4.95. The summed E-state index contributed by atoms with van der Waals surface area (Å²) < 4.78 is 0. The van der Waals surface area contributed by atoms with E-state index in [1.165, 1.54) is 42.8 Å². The smallest absolute Gasteiger partial charge is 0.0944 e. The molecule has 0 saturated heterocycles. The molecule has 0 bridgehead atoms. The van der Waals surface area contributed by atoms with E-state index in [0.29, 0.717) is 5.92 Å². The van der Waals surface area contributed by atoms with Gasteiger partial charge in [0.15, 0.2) is 0 Å². The summed E-state index contributed by atoms with van der Waals surface area (Å²) in [5.41, 5.74) is 1.43. The van der Waals surface area contributed by atoms with Crippen molar-refractivity contribution in [2.24, 2.45) is 0 Å². The molecular weight excluding hydrogens is 254 g/mol. The fraction of sp³-hybridized carbons (Fsp3) is 0.800. The summed E-state index contributed by atoms with van der Waals surface area (Å²) in [7, 11) is 4.27. The van der Waals surface area contributed by atoms with Gasteiger partial charge in [-0.2, -0.15) is 0 Å². The number of nitrogens with zero attached hydrogens (tertiary/aromatic N) is 2. The number of hydrogen-bond acceptors (Lipinski definition) is 4. The van der Waals surface area contributed by atoms with E-state index < -0.39 is 0 Å². The quantitative estimate of drug-likeness (QED) is 0.867. The van der Waals surface area contributed by atoms with E-state index in [0.717, 1.165) is 25.6 Å². The number of aryl methyl sites for hydroxylation is 1.